The molecule has 9 heavy (non-hydrogen) atoms. The Morgan fingerprint density at radius 3 is 2.44 bits per heavy atom. The van der Waals surface area contributed by atoms with E-state index in [0.717, 1.165) is 12.0 Å². The average molecular weight is 126 g/mol. The molecule has 2 heteroatoms. The van der Waals surface area contributed by atoms with Crippen LogP contribution in [-0.2, 0) is 0 Å². The molecule has 2 N–H and O–H groups in total. The van der Waals surface area contributed by atoms with E-state index < -0.39 is 0 Å². The highest BCUT2D eigenvalue weighted by molar-refractivity contribution is 5.23. The highest BCUT2D eigenvalue weighted by Crippen LogP contribution is 2.19. The summed E-state index contributed by atoms with van der Waals surface area (Å²) in [7, 11) is 0. The third-order valence-corrected chi connectivity index (χ3v) is 1.43. The molecule has 1 aliphatic carbocycles. The fraction of sp³-hybridized carbons (Fsp3) is 0.429. The highest BCUT2D eigenvalue weighted by atomic mass is 16.3. The van der Waals surface area contributed by atoms with Crippen molar-refractivity contribution in [1.82, 2.24) is 0 Å². The molecule has 2 nitrogen and oxygen atoms in total. The number of hydrogen-bond acceptors (Lipinski definition) is 2. The van der Waals surface area contributed by atoms with Gasteiger partial charge in [0, 0.05) is 6.42 Å². The fourth-order valence-corrected chi connectivity index (χ4v) is 0.833. The van der Waals surface area contributed by atoms with Crippen LogP contribution in [0.25, 0.3) is 0 Å². The van der Waals surface area contributed by atoms with Crippen molar-refractivity contribution in [3.05, 3.63) is 23.2 Å². The first kappa shape index (κ1) is 6.20. The van der Waals surface area contributed by atoms with Gasteiger partial charge in [0.05, 0.1) is 0 Å². The minimum absolute atomic E-state index is 0.0266. The van der Waals surface area contributed by atoms with Gasteiger partial charge in [-0.3, -0.25) is 0 Å². The SMILES string of the molecule is CC1=CC(O)=C(O)CC1. The van der Waals surface area contributed by atoms with Gasteiger partial charge in [-0.15, -0.1) is 0 Å². The lowest BCUT2D eigenvalue weighted by Gasteiger charge is -2.08. The molecule has 0 spiro atoms. The van der Waals surface area contributed by atoms with Crippen molar-refractivity contribution < 1.29 is 10.2 Å². The Bertz CT molecular complexity index is 177. The maximum Gasteiger partial charge on any atom is 0.152 e. The molecule has 1 rings (SSSR count). The van der Waals surface area contributed by atoms with E-state index in [2.05, 4.69) is 0 Å². The van der Waals surface area contributed by atoms with Crippen LogP contribution in [0.2, 0.25) is 0 Å². The molecule has 0 saturated heterocycles. The van der Waals surface area contributed by atoms with Crippen molar-refractivity contribution in [3.8, 4) is 0 Å². The zero-order chi connectivity index (χ0) is 6.85. The minimum atomic E-state index is 0.0266. The van der Waals surface area contributed by atoms with Gasteiger partial charge in [0.25, 0.3) is 0 Å². The summed E-state index contributed by atoms with van der Waals surface area (Å²) in [5.41, 5.74) is 1.12. The lowest BCUT2D eigenvalue weighted by atomic mass is 10.0. The van der Waals surface area contributed by atoms with Crippen LogP contribution in [0, 0.1) is 0 Å². The summed E-state index contributed by atoms with van der Waals surface area (Å²) in [6, 6.07) is 0. The average Bonchev–Trinajstić information content (AvgIpc) is 1.80. The van der Waals surface area contributed by atoms with E-state index in [9.17, 15) is 0 Å². The van der Waals surface area contributed by atoms with Gasteiger partial charge in [-0.05, 0) is 19.4 Å². The van der Waals surface area contributed by atoms with Crippen LogP contribution in [0.5, 0.6) is 0 Å². The summed E-state index contributed by atoms with van der Waals surface area (Å²) in [4.78, 5) is 0. The molecule has 0 fully saturated rings. The molecule has 0 unspecified atom stereocenters. The maximum absolute atomic E-state index is 8.90. The first-order valence-corrected chi connectivity index (χ1v) is 2.98. The Kier molecular flexibility index (Phi) is 1.47. The maximum atomic E-state index is 8.90. The van der Waals surface area contributed by atoms with E-state index in [0.29, 0.717) is 6.42 Å². The van der Waals surface area contributed by atoms with Crippen LogP contribution in [-0.4, -0.2) is 10.2 Å². The molecule has 0 aromatic carbocycles. The molecular formula is C7H10O2. The molecule has 0 amide bonds. The van der Waals surface area contributed by atoms with Crippen molar-refractivity contribution >= 4 is 0 Å². The molecule has 0 atom stereocenters. The van der Waals surface area contributed by atoms with Gasteiger partial charge < -0.3 is 10.2 Å². The van der Waals surface area contributed by atoms with Gasteiger partial charge in [-0.2, -0.15) is 0 Å². The van der Waals surface area contributed by atoms with Crippen LogP contribution in [0.1, 0.15) is 19.8 Å². The van der Waals surface area contributed by atoms with E-state index in [-0.39, 0.29) is 11.5 Å². The summed E-state index contributed by atoms with van der Waals surface area (Å²) in [5, 5.41) is 17.8. The van der Waals surface area contributed by atoms with Gasteiger partial charge in [0.2, 0.25) is 0 Å². The Hall–Kier alpha value is -0.920. The summed E-state index contributed by atoms with van der Waals surface area (Å²) >= 11 is 0. The van der Waals surface area contributed by atoms with Crippen LogP contribution in [0.3, 0.4) is 0 Å². The molecule has 1 aliphatic rings. The largest absolute Gasteiger partial charge is 0.508 e. The fourth-order valence-electron chi connectivity index (χ4n) is 0.833. The van der Waals surface area contributed by atoms with Crippen molar-refractivity contribution in [3.63, 3.8) is 0 Å². The number of aliphatic hydroxyl groups excluding tert-OH is 2. The van der Waals surface area contributed by atoms with Crippen LogP contribution in [0.4, 0.5) is 0 Å². The summed E-state index contributed by atoms with van der Waals surface area (Å²) in [6.45, 7) is 1.93. The van der Waals surface area contributed by atoms with Crippen LogP contribution >= 0.6 is 0 Å². The van der Waals surface area contributed by atoms with Gasteiger partial charge in [-0.1, -0.05) is 5.57 Å². The zero-order valence-electron chi connectivity index (χ0n) is 5.39. The normalized spacial score (nSPS) is 19.9. The Balaban J connectivity index is 2.83. The van der Waals surface area contributed by atoms with E-state index >= 15 is 0 Å². The van der Waals surface area contributed by atoms with E-state index in [1.807, 2.05) is 6.92 Å². The number of aliphatic hydroxyl groups is 2. The quantitative estimate of drug-likeness (QED) is 0.521. The minimum Gasteiger partial charge on any atom is -0.508 e. The first-order chi connectivity index (χ1) is 4.20. The number of hydrogen-bond donors (Lipinski definition) is 2. The number of allylic oxidation sites excluding steroid dienone is 3. The monoisotopic (exact) mass is 126 g/mol. The molecule has 0 bridgehead atoms. The predicted molar refractivity (Wildman–Crippen MR) is 35.3 cm³/mol. The Labute approximate surface area is 54.1 Å². The molecule has 0 aromatic rings. The van der Waals surface area contributed by atoms with Crippen LogP contribution in [0.15, 0.2) is 23.2 Å². The molecule has 0 saturated carbocycles. The van der Waals surface area contributed by atoms with Crippen molar-refractivity contribution in [1.29, 1.82) is 0 Å². The predicted octanol–water partition coefficient (Wildman–Crippen LogP) is 2.05. The van der Waals surface area contributed by atoms with Gasteiger partial charge in [0.1, 0.15) is 5.76 Å². The smallest absolute Gasteiger partial charge is 0.152 e. The lowest BCUT2D eigenvalue weighted by molar-refractivity contribution is 0.317. The first-order valence-electron chi connectivity index (χ1n) is 2.98. The summed E-state index contributed by atoms with van der Waals surface area (Å²) < 4.78 is 0. The molecule has 0 aromatic heterocycles. The van der Waals surface area contributed by atoms with Gasteiger partial charge >= 0.3 is 0 Å². The third kappa shape index (κ3) is 1.25. The van der Waals surface area contributed by atoms with Gasteiger partial charge in [0.15, 0.2) is 5.76 Å². The van der Waals surface area contributed by atoms with Crippen molar-refractivity contribution in [2.45, 2.75) is 19.8 Å². The Morgan fingerprint density at radius 1 is 1.33 bits per heavy atom. The molecular weight excluding hydrogens is 116 g/mol. The standard InChI is InChI=1S/C7H10O2/c1-5-2-3-6(8)7(9)4-5/h4,8-9H,2-3H2,1H3. The Morgan fingerprint density at radius 2 is 2.00 bits per heavy atom. The number of rotatable bonds is 0. The van der Waals surface area contributed by atoms with E-state index in [4.69, 9.17) is 10.2 Å². The van der Waals surface area contributed by atoms with Gasteiger partial charge in [-0.25, -0.2) is 0 Å². The molecule has 0 heterocycles. The third-order valence-electron chi connectivity index (χ3n) is 1.43. The summed E-state index contributed by atoms with van der Waals surface area (Å²) in [5.74, 6) is 0.138. The van der Waals surface area contributed by atoms with E-state index in [1.54, 1.807) is 6.08 Å². The second-order valence-electron chi connectivity index (χ2n) is 2.32. The second kappa shape index (κ2) is 2.13. The lowest BCUT2D eigenvalue weighted by Crippen LogP contribution is -1.95. The summed E-state index contributed by atoms with van der Waals surface area (Å²) in [6.07, 6.45) is 3.03. The highest BCUT2D eigenvalue weighted by Gasteiger charge is 2.07. The molecule has 0 radical (unpaired) electrons. The molecule has 50 valence electrons. The topological polar surface area (TPSA) is 40.5 Å². The second-order valence-corrected chi connectivity index (χ2v) is 2.32. The zero-order valence-corrected chi connectivity index (χ0v) is 5.39. The van der Waals surface area contributed by atoms with Crippen molar-refractivity contribution in [2.75, 3.05) is 0 Å². The van der Waals surface area contributed by atoms with E-state index in [1.165, 1.54) is 0 Å². The van der Waals surface area contributed by atoms with Crippen LogP contribution < -0.4 is 0 Å². The molecule has 0 aliphatic heterocycles. The van der Waals surface area contributed by atoms with Crippen molar-refractivity contribution in [2.24, 2.45) is 0 Å².